The zero-order valence-corrected chi connectivity index (χ0v) is 11.3. The Labute approximate surface area is 112 Å². The molecule has 0 bridgehead atoms. The van der Waals surface area contributed by atoms with Crippen LogP contribution in [-0.4, -0.2) is 18.5 Å². The van der Waals surface area contributed by atoms with Gasteiger partial charge in [-0.15, -0.1) is 0 Å². The Hall–Kier alpha value is -2.22. The van der Waals surface area contributed by atoms with Crippen LogP contribution in [0.1, 0.15) is 27.0 Å². The van der Waals surface area contributed by atoms with Crippen LogP contribution in [0.25, 0.3) is 11.1 Å². The van der Waals surface area contributed by atoms with Gasteiger partial charge in [0.25, 0.3) is 0 Å². The second-order valence-corrected chi connectivity index (χ2v) is 5.00. The van der Waals surface area contributed by atoms with Crippen molar-refractivity contribution in [3.63, 3.8) is 0 Å². The Balaban J connectivity index is 2.40. The third kappa shape index (κ3) is 1.72. The van der Waals surface area contributed by atoms with Crippen LogP contribution in [0.2, 0.25) is 0 Å². The van der Waals surface area contributed by atoms with Crippen molar-refractivity contribution in [3.8, 4) is 11.1 Å². The minimum absolute atomic E-state index is 0.0271. The largest absolute Gasteiger partial charge is 0.287 e. The molecule has 0 heterocycles. The van der Waals surface area contributed by atoms with Gasteiger partial charge in [0.05, 0.1) is 0 Å². The topological polar surface area (TPSA) is 29.4 Å². The van der Waals surface area contributed by atoms with E-state index in [-0.39, 0.29) is 5.78 Å². The van der Waals surface area contributed by atoms with E-state index >= 15 is 0 Å². The van der Waals surface area contributed by atoms with Gasteiger partial charge < -0.3 is 0 Å². The van der Waals surface area contributed by atoms with Crippen molar-refractivity contribution in [2.24, 2.45) is 4.99 Å². The summed E-state index contributed by atoms with van der Waals surface area (Å²) in [5, 5.41) is 0. The minimum Gasteiger partial charge on any atom is -0.287 e. The summed E-state index contributed by atoms with van der Waals surface area (Å²) >= 11 is 0. The van der Waals surface area contributed by atoms with Crippen molar-refractivity contribution in [1.29, 1.82) is 0 Å². The molecule has 0 saturated carbocycles. The number of benzene rings is 2. The van der Waals surface area contributed by atoms with E-state index in [4.69, 9.17) is 0 Å². The maximum Gasteiger partial charge on any atom is 0.212 e. The maximum atomic E-state index is 12.5. The molecule has 0 aliphatic heterocycles. The molecule has 0 unspecified atom stereocenters. The van der Waals surface area contributed by atoms with Gasteiger partial charge in [-0.2, -0.15) is 0 Å². The average molecular weight is 249 g/mol. The molecule has 0 atom stereocenters. The molecule has 2 nitrogen and oxygen atoms in total. The predicted octanol–water partition coefficient (Wildman–Crippen LogP) is 3.59. The van der Waals surface area contributed by atoms with Gasteiger partial charge in [0.1, 0.15) is 5.71 Å². The van der Waals surface area contributed by atoms with Crippen molar-refractivity contribution in [1.82, 2.24) is 0 Å². The Morgan fingerprint density at radius 3 is 1.89 bits per heavy atom. The Kier molecular flexibility index (Phi) is 2.59. The summed E-state index contributed by atoms with van der Waals surface area (Å²) in [4.78, 5) is 16.7. The zero-order chi connectivity index (χ0) is 13.6. The van der Waals surface area contributed by atoms with Crippen LogP contribution in [0.3, 0.4) is 0 Å². The minimum atomic E-state index is 0.0271. The first-order chi connectivity index (χ1) is 9.11. The van der Waals surface area contributed by atoms with Crippen LogP contribution in [0.15, 0.2) is 41.4 Å². The lowest BCUT2D eigenvalue weighted by atomic mass is 9.82. The molecule has 0 saturated heterocycles. The van der Waals surface area contributed by atoms with E-state index < -0.39 is 0 Å². The fraction of sp³-hybridized carbons (Fsp3) is 0.176. The second kappa shape index (κ2) is 4.16. The highest BCUT2D eigenvalue weighted by Crippen LogP contribution is 2.34. The van der Waals surface area contributed by atoms with Crippen molar-refractivity contribution < 1.29 is 4.79 Å². The molecule has 0 fully saturated rings. The molecule has 2 aromatic rings. The summed E-state index contributed by atoms with van der Waals surface area (Å²) in [6, 6.07) is 12.2. The number of carbonyl (C=O) groups is 1. The smallest absolute Gasteiger partial charge is 0.212 e. The third-order valence-corrected chi connectivity index (χ3v) is 3.58. The highest BCUT2D eigenvalue weighted by Gasteiger charge is 2.28. The van der Waals surface area contributed by atoms with Crippen molar-refractivity contribution >= 4 is 11.5 Å². The zero-order valence-electron chi connectivity index (χ0n) is 11.3. The average Bonchev–Trinajstić information content (AvgIpc) is 2.39. The molecule has 3 rings (SSSR count). The Bertz CT molecular complexity index is 726. The number of aliphatic imine (C=N–C) groups is 1. The molecular formula is C17H15NO. The summed E-state index contributed by atoms with van der Waals surface area (Å²) < 4.78 is 0. The molecule has 0 radical (unpaired) electrons. The molecule has 0 spiro atoms. The molecule has 19 heavy (non-hydrogen) atoms. The SMILES string of the molecule is C/N=C1/C(=O)c2cc(C)ccc2-c2ccc(C)cc21. The number of aryl methyl sites for hydroxylation is 2. The van der Waals surface area contributed by atoms with Crippen molar-refractivity contribution in [3.05, 3.63) is 58.7 Å². The lowest BCUT2D eigenvalue weighted by molar-refractivity contribution is 0.106. The molecule has 2 heteroatoms. The van der Waals surface area contributed by atoms with Crippen molar-refractivity contribution in [2.75, 3.05) is 7.05 Å². The predicted molar refractivity (Wildman–Crippen MR) is 78.1 cm³/mol. The Morgan fingerprint density at radius 2 is 1.32 bits per heavy atom. The number of fused-ring (bicyclic) bond motifs is 3. The number of hydrogen-bond acceptors (Lipinski definition) is 2. The molecule has 1 aliphatic carbocycles. The lowest BCUT2D eigenvalue weighted by Crippen LogP contribution is -2.22. The van der Waals surface area contributed by atoms with Crippen LogP contribution in [0.4, 0.5) is 0 Å². The normalized spacial score (nSPS) is 15.3. The second-order valence-electron chi connectivity index (χ2n) is 5.00. The number of Topliss-reactive ketones (excluding diaryl/α,β-unsaturated/α-hetero) is 1. The van der Waals surface area contributed by atoms with E-state index in [2.05, 4.69) is 17.1 Å². The highest BCUT2D eigenvalue weighted by atomic mass is 16.1. The highest BCUT2D eigenvalue weighted by molar-refractivity contribution is 6.55. The van der Waals surface area contributed by atoms with Gasteiger partial charge in [0.2, 0.25) is 5.78 Å². The summed E-state index contributed by atoms with van der Waals surface area (Å²) in [6.07, 6.45) is 0. The van der Waals surface area contributed by atoms with Gasteiger partial charge in [-0.25, -0.2) is 0 Å². The molecular weight excluding hydrogens is 234 g/mol. The van der Waals surface area contributed by atoms with Crippen LogP contribution >= 0.6 is 0 Å². The van der Waals surface area contributed by atoms with E-state index in [1.165, 1.54) is 0 Å². The number of rotatable bonds is 0. The van der Waals surface area contributed by atoms with E-state index in [9.17, 15) is 4.79 Å². The van der Waals surface area contributed by atoms with E-state index in [0.29, 0.717) is 5.71 Å². The molecule has 2 aromatic carbocycles. The van der Waals surface area contributed by atoms with Crippen LogP contribution in [0, 0.1) is 13.8 Å². The van der Waals surface area contributed by atoms with Crippen molar-refractivity contribution in [2.45, 2.75) is 13.8 Å². The standard InChI is InChI=1S/C17H15NO/c1-10-4-6-12-13-7-5-11(2)9-15(13)17(19)16(18-3)14(12)8-10/h4-9H,1-3H3/b18-16+. The van der Waals surface area contributed by atoms with Gasteiger partial charge in [-0.3, -0.25) is 9.79 Å². The van der Waals surface area contributed by atoms with Gasteiger partial charge in [0, 0.05) is 18.2 Å². The Morgan fingerprint density at radius 1 is 0.789 bits per heavy atom. The van der Waals surface area contributed by atoms with Gasteiger partial charge in [0.15, 0.2) is 0 Å². The molecule has 1 aliphatic rings. The number of ketones is 1. The summed E-state index contributed by atoms with van der Waals surface area (Å²) in [6.45, 7) is 4.03. The summed E-state index contributed by atoms with van der Waals surface area (Å²) in [7, 11) is 1.68. The maximum absolute atomic E-state index is 12.5. The number of hydrogen-bond donors (Lipinski definition) is 0. The first-order valence-electron chi connectivity index (χ1n) is 6.35. The molecule has 94 valence electrons. The van der Waals surface area contributed by atoms with E-state index in [1.807, 2.05) is 38.1 Å². The quantitative estimate of drug-likeness (QED) is 0.701. The fourth-order valence-electron chi connectivity index (χ4n) is 2.64. The monoisotopic (exact) mass is 249 g/mol. The first kappa shape index (κ1) is 11.8. The van der Waals surface area contributed by atoms with Gasteiger partial charge >= 0.3 is 0 Å². The van der Waals surface area contributed by atoms with Gasteiger partial charge in [-0.05, 0) is 37.1 Å². The lowest BCUT2D eigenvalue weighted by Gasteiger charge is -2.21. The summed E-state index contributed by atoms with van der Waals surface area (Å²) in [5.41, 5.74) is 6.62. The molecule has 0 N–H and O–H groups in total. The van der Waals surface area contributed by atoms with Gasteiger partial charge in [-0.1, -0.05) is 35.4 Å². The number of nitrogens with zero attached hydrogens (tertiary/aromatic N) is 1. The summed E-state index contributed by atoms with van der Waals surface area (Å²) in [5.74, 6) is 0.0271. The van der Waals surface area contributed by atoms with E-state index in [1.54, 1.807) is 7.05 Å². The van der Waals surface area contributed by atoms with Crippen LogP contribution in [0.5, 0.6) is 0 Å². The fourth-order valence-corrected chi connectivity index (χ4v) is 2.64. The molecule has 0 amide bonds. The molecule has 0 aromatic heterocycles. The van der Waals surface area contributed by atoms with Crippen LogP contribution < -0.4 is 0 Å². The van der Waals surface area contributed by atoms with Crippen LogP contribution in [-0.2, 0) is 0 Å². The number of carbonyl (C=O) groups excluding carboxylic acids is 1. The third-order valence-electron chi connectivity index (χ3n) is 3.58. The van der Waals surface area contributed by atoms with E-state index in [0.717, 1.165) is 33.4 Å². The first-order valence-corrected chi connectivity index (χ1v) is 6.35.